The summed E-state index contributed by atoms with van der Waals surface area (Å²) >= 11 is 3.89. The number of thiol groups is 1. The van der Waals surface area contributed by atoms with Gasteiger partial charge in [0, 0.05) is 18.2 Å². The fourth-order valence-corrected chi connectivity index (χ4v) is 2.44. The van der Waals surface area contributed by atoms with Crippen LogP contribution in [0.25, 0.3) is 0 Å². The molecule has 0 aliphatic heterocycles. The smallest absolute Gasteiger partial charge is 0.315 e. The fourth-order valence-electron chi connectivity index (χ4n) is 2.35. The second-order valence-electron chi connectivity index (χ2n) is 6.47. The van der Waals surface area contributed by atoms with E-state index in [1.54, 1.807) is 6.08 Å². The normalized spacial score (nSPS) is 14.0. The molecule has 2 atom stereocenters. The number of amides is 4. The molecule has 172 valence electrons. The Morgan fingerprint density at radius 2 is 1.88 bits per heavy atom. The summed E-state index contributed by atoms with van der Waals surface area (Å²) in [6, 6.07) is 2.74. The molecule has 0 fully saturated rings. The maximum atomic E-state index is 13.8. The number of benzene rings is 1. The molecule has 1 aromatic carbocycles. The number of alkyl halides is 2. The maximum absolute atomic E-state index is 13.8. The van der Waals surface area contributed by atoms with E-state index in [1.165, 1.54) is 48.9 Å². The topological polar surface area (TPSA) is 146 Å². The van der Waals surface area contributed by atoms with Crippen molar-refractivity contribution in [3.63, 3.8) is 0 Å². The van der Waals surface area contributed by atoms with Gasteiger partial charge in [0.2, 0.25) is 0 Å². The number of carbonyl (C=O) groups excluding carboxylic acids is 3. The van der Waals surface area contributed by atoms with E-state index in [0.29, 0.717) is 10.6 Å². The minimum Gasteiger partial charge on any atom is -0.394 e. The van der Waals surface area contributed by atoms with Gasteiger partial charge in [0.1, 0.15) is 11.6 Å². The summed E-state index contributed by atoms with van der Waals surface area (Å²) in [6.07, 6.45) is 1.39. The van der Waals surface area contributed by atoms with Gasteiger partial charge in [-0.25, -0.2) is 19.1 Å². The Labute approximate surface area is 188 Å². The van der Waals surface area contributed by atoms with Crippen molar-refractivity contribution < 1.29 is 28.4 Å². The Morgan fingerprint density at radius 1 is 1.25 bits per heavy atom. The van der Waals surface area contributed by atoms with Crippen molar-refractivity contribution in [2.75, 3.05) is 7.05 Å². The molecule has 0 bridgehead atoms. The van der Waals surface area contributed by atoms with Crippen LogP contribution in [0, 0.1) is 11.8 Å². The third-order valence-electron chi connectivity index (χ3n) is 4.12. The molecule has 2 unspecified atom stereocenters. The number of nitrogens with two attached hydrogens (primary N) is 1. The van der Waals surface area contributed by atoms with Crippen LogP contribution in [0.15, 0.2) is 47.5 Å². The van der Waals surface area contributed by atoms with Gasteiger partial charge >= 0.3 is 6.03 Å². The summed E-state index contributed by atoms with van der Waals surface area (Å²) in [6.45, 7) is 0.857. The summed E-state index contributed by atoms with van der Waals surface area (Å²) in [5.41, 5.74) is 4.62. The average molecular weight is 467 g/mol. The molecule has 0 aliphatic rings. The zero-order valence-corrected chi connectivity index (χ0v) is 18.0. The summed E-state index contributed by atoms with van der Waals surface area (Å²) in [5.74, 6) is 3.31. The lowest BCUT2D eigenvalue weighted by Crippen LogP contribution is -2.69. The lowest BCUT2D eigenvalue weighted by atomic mass is 9.91. The number of rotatable bonds is 7. The average Bonchev–Trinajstić information content (AvgIpc) is 2.76. The molecule has 9 nitrogen and oxygen atoms in total. The zero-order chi connectivity index (χ0) is 24.3. The third-order valence-corrected chi connectivity index (χ3v) is 4.27. The van der Waals surface area contributed by atoms with Gasteiger partial charge in [0.25, 0.3) is 18.2 Å². The maximum Gasteiger partial charge on any atom is 0.315 e. The highest BCUT2D eigenvalue weighted by atomic mass is 32.1. The molecule has 1 rings (SSSR count). The minimum absolute atomic E-state index is 0.0316. The molecule has 0 saturated heterocycles. The zero-order valence-electron chi connectivity index (χ0n) is 17.1. The van der Waals surface area contributed by atoms with E-state index in [0.717, 1.165) is 6.92 Å². The van der Waals surface area contributed by atoms with Crippen molar-refractivity contribution in [3.05, 3.63) is 58.6 Å². The standard InChI is InChI=1S/C20H23F2N5O4S/c1-20(18(21)22,26-19(30)24-2)15(17(29)27-31)25-16(28)13-10-8-12(9-11-13)6-4-3-5-7-14(23)32/h3,5,7-11,15,18,31-32H,23H2,1-2H3,(H,25,28)(H,27,29)(H2,24,26,30)/b5-3+,14-7-. The molecule has 32 heavy (non-hydrogen) atoms. The molecule has 0 radical (unpaired) electrons. The number of allylic oxidation sites excluding steroid dienone is 3. The van der Waals surface area contributed by atoms with Gasteiger partial charge < -0.3 is 21.7 Å². The van der Waals surface area contributed by atoms with Crippen LogP contribution < -0.4 is 27.2 Å². The summed E-state index contributed by atoms with van der Waals surface area (Å²) in [4.78, 5) is 36.2. The predicted octanol–water partition coefficient (Wildman–Crippen LogP) is 0.881. The van der Waals surface area contributed by atoms with E-state index in [-0.39, 0.29) is 5.56 Å². The molecule has 0 saturated carbocycles. The summed E-state index contributed by atoms with van der Waals surface area (Å²) in [5, 5.41) is 15.4. The number of nitrogens with one attached hydrogen (secondary N) is 4. The van der Waals surface area contributed by atoms with Gasteiger partial charge in [-0.1, -0.05) is 17.9 Å². The minimum atomic E-state index is -3.28. The van der Waals surface area contributed by atoms with Gasteiger partial charge in [-0.15, -0.1) is 12.6 Å². The van der Waals surface area contributed by atoms with Crippen molar-refractivity contribution in [1.82, 2.24) is 21.4 Å². The molecule has 4 amide bonds. The molecule has 7 N–H and O–H groups in total. The van der Waals surface area contributed by atoms with Crippen LogP contribution in [0.4, 0.5) is 13.6 Å². The monoisotopic (exact) mass is 467 g/mol. The van der Waals surface area contributed by atoms with E-state index in [4.69, 9.17) is 10.9 Å². The van der Waals surface area contributed by atoms with Crippen molar-refractivity contribution >= 4 is 30.5 Å². The highest BCUT2D eigenvalue weighted by molar-refractivity contribution is 7.84. The lowest BCUT2D eigenvalue weighted by molar-refractivity contribution is -0.135. The number of urea groups is 1. The van der Waals surface area contributed by atoms with E-state index in [9.17, 15) is 23.2 Å². The first-order chi connectivity index (χ1) is 15.0. The van der Waals surface area contributed by atoms with Crippen LogP contribution in [-0.2, 0) is 4.79 Å². The van der Waals surface area contributed by atoms with Crippen LogP contribution in [0.3, 0.4) is 0 Å². The number of hydrogen-bond acceptors (Lipinski definition) is 6. The first kappa shape index (κ1) is 26.5. The summed E-state index contributed by atoms with van der Waals surface area (Å²) < 4.78 is 27.5. The van der Waals surface area contributed by atoms with E-state index in [1.807, 2.05) is 5.32 Å². The van der Waals surface area contributed by atoms with E-state index >= 15 is 0 Å². The second kappa shape index (κ2) is 12.3. The van der Waals surface area contributed by atoms with Crippen molar-refractivity contribution in [2.45, 2.75) is 24.9 Å². The molecular formula is C20H23F2N5O4S. The first-order valence-electron chi connectivity index (χ1n) is 9.00. The Bertz CT molecular complexity index is 953. The molecule has 0 aliphatic carbocycles. The molecule has 1 aromatic rings. The van der Waals surface area contributed by atoms with Crippen LogP contribution in [0.1, 0.15) is 22.8 Å². The van der Waals surface area contributed by atoms with Crippen LogP contribution in [-0.4, -0.2) is 48.1 Å². The first-order valence-corrected chi connectivity index (χ1v) is 9.45. The SMILES string of the molecule is CNC(=O)NC(C)(C(F)F)C(NC(=O)c1ccc(C#C/C=C/C=C(/N)S)cc1)C(=O)NO. The van der Waals surface area contributed by atoms with Crippen molar-refractivity contribution in [1.29, 1.82) is 0 Å². The third kappa shape index (κ3) is 7.60. The number of hydrogen-bond donors (Lipinski definition) is 7. The van der Waals surface area contributed by atoms with Gasteiger partial charge in [0.15, 0.2) is 0 Å². The van der Waals surface area contributed by atoms with Gasteiger partial charge in [-0.2, -0.15) is 0 Å². The number of halogens is 2. The predicted molar refractivity (Wildman–Crippen MR) is 117 cm³/mol. The van der Waals surface area contributed by atoms with Gasteiger partial charge in [-0.3, -0.25) is 14.8 Å². The van der Waals surface area contributed by atoms with E-state index in [2.05, 4.69) is 35.1 Å². The number of carbonyl (C=O) groups is 3. The second-order valence-corrected chi connectivity index (χ2v) is 6.98. The van der Waals surface area contributed by atoms with E-state index < -0.39 is 35.9 Å². The quantitative estimate of drug-likeness (QED) is 0.105. The van der Waals surface area contributed by atoms with Gasteiger partial charge in [-0.05, 0) is 43.3 Å². The largest absolute Gasteiger partial charge is 0.394 e. The Balaban J connectivity index is 3.07. The molecule has 0 heterocycles. The Kier molecular flexibility index (Phi) is 10.2. The summed E-state index contributed by atoms with van der Waals surface area (Å²) in [7, 11) is 1.19. The molecule has 0 spiro atoms. The van der Waals surface area contributed by atoms with Crippen LogP contribution >= 0.6 is 12.6 Å². The van der Waals surface area contributed by atoms with Gasteiger partial charge in [0.05, 0.1) is 5.03 Å². The van der Waals surface area contributed by atoms with Crippen molar-refractivity contribution in [2.24, 2.45) is 5.73 Å². The highest BCUT2D eigenvalue weighted by Gasteiger charge is 2.48. The van der Waals surface area contributed by atoms with Crippen molar-refractivity contribution in [3.8, 4) is 11.8 Å². The fraction of sp³-hybridized carbons (Fsp3) is 0.250. The molecule has 0 aromatic heterocycles. The van der Waals surface area contributed by atoms with Crippen LogP contribution in [0.5, 0.6) is 0 Å². The Hall–Kier alpha value is -3.56. The number of hydroxylamine groups is 1. The Morgan fingerprint density at radius 3 is 2.38 bits per heavy atom. The van der Waals surface area contributed by atoms with Crippen LogP contribution in [0.2, 0.25) is 0 Å². The molecular weight excluding hydrogens is 444 g/mol. The highest BCUT2D eigenvalue weighted by Crippen LogP contribution is 2.21. The molecule has 12 heteroatoms. The lowest BCUT2D eigenvalue weighted by Gasteiger charge is -2.36.